The van der Waals surface area contributed by atoms with Crippen LogP contribution < -0.4 is 11.1 Å². The van der Waals surface area contributed by atoms with Gasteiger partial charge in [0, 0.05) is 0 Å². The number of carbonyl (C=O) groups excluding carboxylic acids is 1. The van der Waals surface area contributed by atoms with Gasteiger partial charge in [-0.15, -0.1) is 6.58 Å². The first kappa shape index (κ1) is 11.6. The lowest BCUT2D eigenvalue weighted by atomic mass is 10.2. The number of amides is 1. The molecule has 0 radical (unpaired) electrons. The average Bonchev–Trinajstić information content (AvgIpc) is 2.04. The largest absolute Gasteiger partial charge is 0.480 e. The molecule has 0 bridgehead atoms. The molecule has 0 aromatic heterocycles. The van der Waals surface area contributed by atoms with E-state index in [1.165, 1.54) is 13.0 Å². The molecular formula is C8H14N2O3. The highest BCUT2D eigenvalue weighted by Crippen LogP contribution is 1.90. The molecule has 0 rings (SSSR count). The van der Waals surface area contributed by atoms with Crippen molar-refractivity contribution in [1.29, 1.82) is 0 Å². The second kappa shape index (κ2) is 5.31. The van der Waals surface area contributed by atoms with E-state index in [2.05, 4.69) is 11.9 Å². The van der Waals surface area contributed by atoms with Crippen molar-refractivity contribution in [1.82, 2.24) is 5.32 Å². The van der Waals surface area contributed by atoms with E-state index in [0.717, 1.165) is 0 Å². The number of nitrogens with two attached hydrogens (primary N) is 1. The molecule has 0 heterocycles. The van der Waals surface area contributed by atoms with Crippen LogP contribution in [0.3, 0.4) is 0 Å². The zero-order chi connectivity index (χ0) is 10.4. The van der Waals surface area contributed by atoms with Crippen LogP contribution in [0.2, 0.25) is 0 Å². The number of nitrogens with one attached hydrogen (secondary N) is 1. The molecule has 5 nitrogen and oxygen atoms in total. The van der Waals surface area contributed by atoms with Crippen LogP contribution in [-0.4, -0.2) is 29.1 Å². The van der Waals surface area contributed by atoms with E-state index in [-0.39, 0.29) is 0 Å². The van der Waals surface area contributed by atoms with Gasteiger partial charge in [0.05, 0.1) is 6.04 Å². The van der Waals surface area contributed by atoms with Crippen molar-refractivity contribution in [3.63, 3.8) is 0 Å². The summed E-state index contributed by atoms with van der Waals surface area (Å²) in [5.74, 6) is -1.56. The Morgan fingerprint density at radius 2 is 2.23 bits per heavy atom. The minimum Gasteiger partial charge on any atom is -0.480 e. The quantitative estimate of drug-likeness (QED) is 0.504. The van der Waals surface area contributed by atoms with Gasteiger partial charge in [-0.25, -0.2) is 0 Å². The minimum absolute atomic E-state index is 0.332. The number of aliphatic carboxylic acids is 1. The molecule has 0 aliphatic carbocycles. The topological polar surface area (TPSA) is 92.4 Å². The highest BCUT2D eigenvalue weighted by Gasteiger charge is 2.17. The van der Waals surface area contributed by atoms with Crippen molar-refractivity contribution >= 4 is 11.9 Å². The van der Waals surface area contributed by atoms with Crippen LogP contribution in [0.1, 0.15) is 13.3 Å². The van der Waals surface area contributed by atoms with Crippen LogP contribution in [0.25, 0.3) is 0 Å². The first-order chi connectivity index (χ1) is 5.99. The van der Waals surface area contributed by atoms with Gasteiger partial charge < -0.3 is 16.2 Å². The Morgan fingerprint density at radius 1 is 1.69 bits per heavy atom. The van der Waals surface area contributed by atoms with E-state index in [1.807, 2.05) is 0 Å². The average molecular weight is 186 g/mol. The highest BCUT2D eigenvalue weighted by molar-refractivity contribution is 5.86. The number of carboxylic acids is 1. The third-order valence-corrected chi connectivity index (χ3v) is 1.49. The Labute approximate surface area is 76.6 Å². The smallest absolute Gasteiger partial charge is 0.325 e. The highest BCUT2D eigenvalue weighted by atomic mass is 16.4. The van der Waals surface area contributed by atoms with E-state index in [1.54, 1.807) is 0 Å². The first-order valence-electron chi connectivity index (χ1n) is 3.88. The predicted octanol–water partition coefficient (Wildman–Crippen LogP) is -0.521. The van der Waals surface area contributed by atoms with Crippen LogP contribution in [0.4, 0.5) is 0 Å². The molecule has 13 heavy (non-hydrogen) atoms. The van der Waals surface area contributed by atoms with Crippen LogP contribution in [-0.2, 0) is 9.59 Å². The van der Waals surface area contributed by atoms with E-state index >= 15 is 0 Å². The SMILES string of the molecule is C=CCC(N)C(=O)N[C@@H](C)C(=O)O. The maximum atomic E-state index is 11.1. The lowest BCUT2D eigenvalue weighted by Gasteiger charge is -2.12. The molecule has 2 atom stereocenters. The maximum absolute atomic E-state index is 11.1. The van der Waals surface area contributed by atoms with Gasteiger partial charge in [0.15, 0.2) is 0 Å². The summed E-state index contributed by atoms with van der Waals surface area (Å²) in [5, 5.41) is 10.7. The molecule has 0 spiro atoms. The Bertz CT molecular complexity index is 215. The van der Waals surface area contributed by atoms with Gasteiger partial charge in [-0.3, -0.25) is 9.59 Å². The fourth-order valence-corrected chi connectivity index (χ4v) is 0.669. The van der Waals surface area contributed by atoms with Gasteiger partial charge in [-0.1, -0.05) is 6.08 Å². The van der Waals surface area contributed by atoms with Gasteiger partial charge >= 0.3 is 5.97 Å². The number of carboxylic acid groups (broad SMARTS) is 1. The Balaban J connectivity index is 3.99. The fourth-order valence-electron chi connectivity index (χ4n) is 0.669. The Hall–Kier alpha value is -1.36. The van der Waals surface area contributed by atoms with E-state index < -0.39 is 24.0 Å². The summed E-state index contributed by atoms with van der Waals surface area (Å²) in [7, 11) is 0. The second-order valence-corrected chi connectivity index (χ2v) is 2.70. The molecule has 0 aliphatic rings. The standard InChI is InChI=1S/C8H14N2O3/c1-3-4-6(9)7(11)10-5(2)8(12)13/h3,5-6H,1,4,9H2,2H3,(H,10,11)(H,12,13)/t5-,6?/m0/s1. The molecule has 5 heteroatoms. The maximum Gasteiger partial charge on any atom is 0.325 e. The van der Waals surface area contributed by atoms with Crippen LogP contribution in [0.5, 0.6) is 0 Å². The minimum atomic E-state index is -1.08. The second-order valence-electron chi connectivity index (χ2n) is 2.70. The molecular weight excluding hydrogens is 172 g/mol. The summed E-state index contributed by atoms with van der Waals surface area (Å²) in [5.41, 5.74) is 5.40. The van der Waals surface area contributed by atoms with Crippen LogP contribution in [0.15, 0.2) is 12.7 Å². The van der Waals surface area contributed by atoms with Crippen molar-refractivity contribution in [2.24, 2.45) is 5.73 Å². The Kier molecular flexibility index (Phi) is 4.76. The van der Waals surface area contributed by atoms with Gasteiger partial charge in [0.2, 0.25) is 5.91 Å². The third kappa shape index (κ3) is 4.27. The predicted molar refractivity (Wildman–Crippen MR) is 48.0 cm³/mol. The van der Waals surface area contributed by atoms with Crippen LogP contribution in [0, 0.1) is 0 Å². The Morgan fingerprint density at radius 3 is 2.62 bits per heavy atom. The molecule has 0 aromatic rings. The summed E-state index contributed by atoms with van der Waals surface area (Å²) in [4.78, 5) is 21.4. The summed E-state index contributed by atoms with van der Waals surface area (Å²) >= 11 is 0. The molecule has 0 aliphatic heterocycles. The molecule has 4 N–H and O–H groups in total. The van der Waals surface area contributed by atoms with Gasteiger partial charge in [0.1, 0.15) is 6.04 Å². The fraction of sp³-hybridized carbons (Fsp3) is 0.500. The molecule has 0 aromatic carbocycles. The summed E-state index contributed by atoms with van der Waals surface area (Å²) in [6.07, 6.45) is 1.84. The van der Waals surface area contributed by atoms with Crippen molar-refractivity contribution in [2.75, 3.05) is 0 Å². The summed E-state index contributed by atoms with van der Waals surface area (Å²) in [6, 6.07) is -1.64. The zero-order valence-electron chi connectivity index (χ0n) is 7.49. The number of rotatable bonds is 5. The van der Waals surface area contributed by atoms with E-state index in [4.69, 9.17) is 10.8 Å². The third-order valence-electron chi connectivity index (χ3n) is 1.49. The lowest BCUT2D eigenvalue weighted by molar-refractivity contribution is -0.141. The van der Waals surface area contributed by atoms with Gasteiger partial charge in [0.25, 0.3) is 0 Å². The van der Waals surface area contributed by atoms with E-state index in [0.29, 0.717) is 6.42 Å². The molecule has 0 fully saturated rings. The molecule has 1 unspecified atom stereocenters. The van der Waals surface area contributed by atoms with Gasteiger partial charge in [-0.2, -0.15) is 0 Å². The van der Waals surface area contributed by atoms with Crippen molar-refractivity contribution in [3.05, 3.63) is 12.7 Å². The summed E-state index contributed by atoms with van der Waals surface area (Å²) < 4.78 is 0. The van der Waals surface area contributed by atoms with Crippen LogP contribution >= 0.6 is 0 Å². The number of hydrogen-bond donors (Lipinski definition) is 3. The lowest BCUT2D eigenvalue weighted by Crippen LogP contribution is -2.46. The number of carbonyl (C=O) groups is 2. The van der Waals surface area contributed by atoms with Crippen molar-refractivity contribution < 1.29 is 14.7 Å². The first-order valence-corrected chi connectivity index (χ1v) is 3.88. The molecule has 0 saturated carbocycles. The number of hydrogen-bond acceptors (Lipinski definition) is 3. The molecule has 0 saturated heterocycles. The van der Waals surface area contributed by atoms with E-state index in [9.17, 15) is 9.59 Å². The van der Waals surface area contributed by atoms with Crippen molar-refractivity contribution in [3.8, 4) is 0 Å². The summed E-state index contributed by atoms with van der Waals surface area (Å²) in [6.45, 7) is 4.80. The molecule has 1 amide bonds. The van der Waals surface area contributed by atoms with Crippen molar-refractivity contribution in [2.45, 2.75) is 25.4 Å². The zero-order valence-corrected chi connectivity index (χ0v) is 7.49. The molecule has 74 valence electrons. The monoisotopic (exact) mass is 186 g/mol. The van der Waals surface area contributed by atoms with Gasteiger partial charge in [-0.05, 0) is 13.3 Å². The normalized spacial score (nSPS) is 14.3.